The van der Waals surface area contributed by atoms with Gasteiger partial charge in [0.15, 0.2) is 0 Å². The van der Waals surface area contributed by atoms with E-state index in [0.29, 0.717) is 11.5 Å². The number of aromatic nitrogens is 4. The Labute approximate surface area is 264 Å². The molecular weight excluding hydrogens is 562 g/mol. The van der Waals surface area contributed by atoms with E-state index in [2.05, 4.69) is 118 Å². The molecule has 3 heterocycles. The first-order chi connectivity index (χ1) is 22.8. The Morgan fingerprint density at radius 1 is 0.457 bits per heavy atom. The second-order valence-electron chi connectivity index (χ2n) is 11.4. The topological polar surface area (TPSA) is 59.4 Å². The highest BCUT2D eigenvalue weighted by Crippen LogP contribution is 2.41. The van der Waals surface area contributed by atoms with Crippen LogP contribution in [-0.2, 0) is 0 Å². The van der Waals surface area contributed by atoms with Crippen LogP contribution in [0.3, 0.4) is 0 Å². The van der Waals surface area contributed by atoms with Gasteiger partial charge in [0.05, 0.1) is 45.1 Å². The predicted molar refractivity (Wildman–Crippen MR) is 186 cm³/mol. The summed E-state index contributed by atoms with van der Waals surface area (Å²) in [5, 5.41) is 14.1. The molecule has 0 fully saturated rings. The molecule has 5 heteroatoms. The summed E-state index contributed by atoms with van der Waals surface area (Å²) in [4.78, 5) is 10.5. The van der Waals surface area contributed by atoms with Crippen molar-refractivity contribution >= 4 is 43.6 Å². The highest BCUT2D eigenvalue weighted by Gasteiger charge is 2.22. The summed E-state index contributed by atoms with van der Waals surface area (Å²) < 4.78 is 4.59. The van der Waals surface area contributed by atoms with Gasteiger partial charge in [0, 0.05) is 38.4 Å². The average molecular weight is 588 g/mol. The van der Waals surface area contributed by atoms with Gasteiger partial charge in [-0.1, -0.05) is 109 Å². The van der Waals surface area contributed by atoms with Crippen LogP contribution in [0.2, 0.25) is 0 Å². The summed E-state index contributed by atoms with van der Waals surface area (Å²) in [5.74, 6) is 0.587. The summed E-state index contributed by atoms with van der Waals surface area (Å²) in [5.41, 5.74) is 9.58. The predicted octanol–water partition coefficient (Wildman–Crippen LogP) is 9.88. The second kappa shape index (κ2) is 10.3. The molecule has 46 heavy (non-hydrogen) atoms. The van der Waals surface area contributed by atoms with Crippen LogP contribution in [0.15, 0.2) is 152 Å². The minimum absolute atomic E-state index is 0.587. The Morgan fingerprint density at radius 2 is 0.957 bits per heavy atom. The number of hydrogen-bond donors (Lipinski definition) is 0. The molecule has 3 aromatic heterocycles. The fourth-order valence-electron chi connectivity index (χ4n) is 6.71. The largest absolute Gasteiger partial charge is 0.307 e. The van der Waals surface area contributed by atoms with E-state index in [1.807, 2.05) is 48.5 Å². The van der Waals surface area contributed by atoms with Crippen LogP contribution in [0.4, 0.5) is 0 Å². The zero-order chi connectivity index (χ0) is 30.6. The molecule has 6 aromatic carbocycles. The van der Waals surface area contributed by atoms with E-state index in [1.54, 1.807) is 0 Å². The lowest BCUT2D eigenvalue weighted by atomic mass is 10.1. The van der Waals surface area contributed by atoms with Crippen molar-refractivity contribution < 1.29 is 0 Å². The van der Waals surface area contributed by atoms with Crippen LogP contribution in [0.1, 0.15) is 5.56 Å². The molecule has 0 atom stereocenters. The van der Waals surface area contributed by atoms with Crippen molar-refractivity contribution in [2.45, 2.75) is 0 Å². The lowest BCUT2D eigenvalue weighted by Gasteiger charge is -2.14. The quantitative estimate of drug-likeness (QED) is 0.206. The van der Waals surface area contributed by atoms with Gasteiger partial charge in [0.25, 0.3) is 0 Å². The first-order valence-corrected chi connectivity index (χ1v) is 15.2. The Morgan fingerprint density at radius 3 is 1.57 bits per heavy atom. The van der Waals surface area contributed by atoms with Crippen LogP contribution in [0.25, 0.3) is 77.8 Å². The van der Waals surface area contributed by atoms with Gasteiger partial charge in [0.1, 0.15) is 0 Å². The number of para-hydroxylation sites is 3. The number of nitriles is 1. The fraction of sp³-hybridized carbons (Fsp3) is 0. The van der Waals surface area contributed by atoms with Crippen LogP contribution >= 0.6 is 0 Å². The van der Waals surface area contributed by atoms with Crippen molar-refractivity contribution in [3.8, 4) is 40.2 Å². The zero-order valence-corrected chi connectivity index (χ0v) is 24.7. The molecule has 0 N–H and O–H groups in total. The number of rotatable bonds is 4. The summed E-state index contributed by atoms with van der Waals surface area (Å²) in [6.07, 6.45) is 0. The van der Waals surface area contributed by atoms with E-state index in [0.717, 1.165) is 61.0 Å². The molecule has 0 amide bonds. The minimum Gasteiger partial charge on any atom is -0.307 e. The molecule has 0 aliphatic rings. The summed E-state index contributed by atoms with van der Waals surface area (Å²) in [6, 6.07) is 54.2. The molecule has 0 aliphatic heterocycles. The van der Waals surface area contributed by atoms with Crippen LogP contribution in [-0.4, -0.2) is 19.1 Å². The van der Waals surface area contributed by atoms with E-state index in [9.17, 15) is 5.26 Å². The van der Waals surface area contributed by atoms with Crippen LogP contribution < -0.4 is 0 Å². The van der Waals surface area contributed by atoms with Gasteiger partial charge in [0.2, 0.25) is 5.95 Å². The molecular formula is C41H25N5. The fourth-order valence-corrected chi connectivity index (χ4v) is 6.71. The first kappa shape index (κ1) is 25.9. The number of benzene rings is 6. The zero-order valence-electron chi connectivity index (χ0n) is 24.7. The molecule has 0 saturated heterocycles. The summed E-state index contributed by atoms with van der Waals surface area (Å²) >= 11 is 0. The summed E-state index contributed by atoms with van der Waals surface area (Å²) in [6.45, 7) is 0. The Kier molecular flexibility index (Phi) is 5.81. The third-order valence-electron chi connectivity index (χ3n) is 8.78. The molecule has 0 unspecified atom stereocenters. The van der Waals surface area contributed by atoms with E-state index < -0.39 is 0 Å². The van der Waals surface area contributed by atoms with Crippen molar-refractivity contribution in [1.29, 1.82) is 5.26 Å². The second-order valence-corrected chi connectivity index (χ2v) is 11.4. The molecule has 0 bridgehead atoms. The van der Waals surface area contributed by atoms with E-state index in [1.165, 1.54) is 10.8 Å². The standard InChI is InChI=1S/C41H25N5/c42-26-27-19-21-29(22-20-27)36-25-35(28-11-3-1-4-12-28)43-41(44-36)46-38-18-10-8-16-32(38)34-24-23-33-31-15-7-9-17-37(31)45(39(33)40(34)46)30-13-5-2-6-14-30/h1-25H. The van der Waals surface area contributed by atoms with Gasteiger partial charge in [-0.15, -0.1) is 0 Å². The van der Waals surface area contributed by atoms with Crippen molar-refractivity contribution in [3.63, 3.8) is 0 Å². The number of nitrogens with zero attached hydrogens (tertiary/aromatic N) is 5. The molecule has 214 valence electrons. The van der Waals surface area contributed by atoms with E-state index >= 15 is 0 Å². The SMILES string of the molecule is N#Cc1ccc(-c2cc(-c3ccccc3)nc(-n3c4ccccc4c4ccc5c6ccccc6n(-c6ccccc6)c5c43)n2)cc1. The van der Waals surface area contributed by atoms with Crippen molar-refractivity contribution in [2.75, 3.05) is 0 Å². The van der Waals surface area contributed by atoms with Crippen LogP contribution in [0.5, 0.6) is 0 Å². The monoisotopic (exact) mass is 587 g/mol. The van der Waals surface area contributed by atoms with Crippen LogP contribution in [0, 0.1) is 11.3 Å². The Bertz CT molecular complexity index is 2620. The van der Waals surface area contributed by atoms with Crippen molar-refractivity contribution in [2.24, 2.45) is 0 Å². The normalized spacial score (nSPS) is 11.5. The summed E-state index contributed by atoms with van der Waals surface area (Å²) in [7, 11) is 0. The van der Waals surface area contributed by atoms with Gasteiger partial charge < -0.3 is 4.57 Å². The lowest BCUT2D eigenvalue weighted by molar-refractivity contribution is 0.995. The maximum atomic E-state index is 9.42. The maximum Gasteiger partial charge on any atom is 0.235 e. The van der Waals surface area contributed by atoms with Gasteiger partial charge >= 0.3 is 0 Å². The lowest BCUT2D eigenvalue weighted by Crippen LogP contribution is -2.05. The molecule has 5 nitrogen and oxygen atoms in total. The highest BCUT2D eigenvalue weighted by molar-refractivity contribution is 6.23. The van der Waals surface area contributed by atoms with Gasteiger partial charge in [-0.3, -0.25) is 4.57 Å². The molecule has 9 rings (SSSR count). The van der Waals surface area contributed by atoms with Gasteiger partial charge in [-0.05, 0) is 42.5 Å². The first-order valence-electron chi connectivity index (χ1n) is 15.2. The van der Waals surface area contributed by atoms with Crippen molar-refractivity contribution in [1.82, 2.24) is 19.1 Å². The maximum absolute atomic E-state index is 9.42. The molecule has 0 aliphatic carbocycles. The van der Waals surface area contributed by atoms with E-state index in [4.69, 9.17) is 9.97 Å². The minimum atomic E-state index is 0.587. The number of hydrogen-bond acceptors (Lipinski definition) is 3. The Hall–Kier alpha value is -6.51. The molecule has 9 aromatic rings. The molecule has 0 spiro atoms. The number of fused-ring (bicyclic) bond motifs is 7. The third-order valence-corrected chi connectivity index (χ3v) is 8.78. The van der Waals surface area contributed by atoms with Gasteiger partial charge in [-0.2, -0.15) is 5.26 Å². The van der Waals surface area contributed by atoms with E-state index in [-0.39, 0.29) is 0 Å². The third kappa shape index (κ3) is 3.94. The Balaban J connectivity index is 1.45. The average Bonchev–Trinajstić information content (AvgIpc) is 3.65. The smallest absolute Gasteiger partial charge is 0.235 e. The molecule has 0 saturated carbocycles. The van der Waals surface area contributed by atoms with Gasteiger partial charge in [-0.25, -0.2) is 9.97 Å². The highest BCUT2D eigenvalue weighted by atomic mass is 15.2. The molecule has 0 radical (unpaired) electrons. The van der Waals surface area contributed by atoms with Crippen molar-refractivity contribution in [3.05, 3.63) is 157 Å².